The van der Waals surface area contributed by atoms with Gasteiger partial charge in [-0.05, 0) is 73.9 Å². The van der Waals surface area contributed by atoms with Crippen molar-refractivity contribution in [2.24, 2.45) is 11.5 Å². The third-order valence-corrected chi connectivity index (χ3v) is 14.9. The molecule has 0 bridgehead atoms. The quantitative estimate of drug-likeness (QED) is 0.0257. The summed E-state index contributed by atoms with van der Waals surface area (Å²) in [5, 5.41) is 39.5. The van der Waals surface area contributed by atoms with Crippen molar-refractivity contribution < 1.29 is 69.7 Å². The van der Waals surface area contributed by atoms with E-state index in [-0.39, 0.29) is 67.9 Å². The van der Waals surface area contributed by atoms with Gasteiger partial charge in [0.25, 0.3) is 0 Å². The number of sulfone groups is 2. The molecule has 13 N–H and O–H groups in total. The zero-order chi connectivity index (χ0) is 59.8. The van der Waals surface area contributed by atoms with Crippen LogP contribution in [0.1, 0.15) is 56.3 Å². The lowest BCUT2D eigenvalue weighted by molar-refractivity contribution is -0.145. The Morgan fingerprint density at radius 1 is 0.608 bits per heavy atom. The molecule has 434 valence electrons. The molecule has 6 amide bonds. The van der Waals surface area contributed by atoms with Gasteiger partial charge in [-0.2, -0.15) is 0 Å². The minimum Gasteiger partial charge on any atom is -0.480 e. The normalized spacial score (nSPS) is 12.1. The van der Waals surface area contributed by atoms with Gasteiger partial charge in [0.2, 0.25) is 17.7 Å². The number of nitrogen functional groups attached to an aromatic ring is 1. The molecule has 0 saturated carbocycles. The van der Waals surface area contributed by atoms with Crippen LogP contribution in [0.25, 0.3) is 0 Å². The van der Waals surface area contributed by atoms with E-state index < -0.39 is 73.4 Å². The summed E-state index contributed by atoms with van der Waals surface area (Å²) in [7, 11) is -3.35. The van der Waals surface area contributed by atoms with E-state index in [0.29, 0.717) is 29.1 Å². The Labute approximate surface area is 476 Å². The van der Waals surface area contributed by atoms with Gasteiger partial charge in [-0.1, -0.05) is 60.7 Å². The van der Waals surface area contributed by atoms with Gasteiger partial charge < -0.3 is 57.4 Å². The van der Waals surface area contributed by atoms with Gasteiger partial charge in [0, 0.05) is 44.6 Å². The Hall–Kier alpha value is -7.03. The number of benzene rings is 2. The molecule has 0 fully saturated rings. The first-order valence-electron chi connectivity index (χ1n) is 23.2. The number of nitrogens with one attached hydrogen (secondary N) is 8. The number of thiophene rings is 2. The molecule has 2 unspecified atom stereocenters. The summed E-state index contributed by atoms with van der Waals surface area (Å²) in [6.07, 6.45) is 0.0135. The standard InChI is InChI=1S/C23H31N5O6S2.C15H21NO6S.C10H14N4O3S.S2/c1-34-22(31)28-23(12-13-36(2,32)33,11-10-16-6-4-3-5-7-16)21(30)27-15-19(29)26-14-17-8-9-18(35-17)20(24)25;1-22-14(19)16-15(13(17)18,10-11-23(2,20)21)9-8-12-6-4-3-5-7-12;1-17-10(16)14-9(12)7-3-2-6(18-7)5-13-8(15)4-11;1-2/h3-9H,10-15H2,1-2H3,(H3,24,25)(H,26,29)(H,27,30)(H,28,31);3-7H,8-11H2,1-2H3,(H,16,19)(H,17,18);2-3H,4-5,11H2,1H3,(H,13,15)(H2,12,14,16);. The lowest BCUT2D eigenvalue weighted by Crippen LogP contribution is -2.60. The number of aryl methyl sites for hydroxylation is 2. The van der Waals surface area contributed by atoms with Gasteiger partial charge >= 0.3 is 24.2 Å². The van der Waals surface area contributed by atoms with Crippen LogP contribution >= 0.6 is 22.7 Å². The Kier molecular flexibility index (Phi) is 31.4. The van der Waals surface area contributed by atoms with Gasteiger partial charge in [-0.15, -0.1) is 22.7 Å². The summed E-state index contributed by atoms with van der Waals surface area (Å²) in [4.78, 5) is 85.8. The lowest BCUT2D eigenvalue weighted by atomic mass is 9.87. The van der Waals surface area contributed by atoms with Crippen LogP contribution in [0, 0.1) is 10.8 Å². The molecule has 0 aliphatic rings. The number of carboxylic acids is 1. The number of methoxy groups -OCH3 is 3. The molecular weight excluding hydrogens is 1150 g/mol. The second-order valence-corrected chi connectivity index (χ2v) is 23.7. The molecule has 31 heteroatoms. The number of hydrogen-bond acceptors (Lipinski definition) is 21. The maximum Gasteiger partial charge on any atom is 0.412 e. The van der Waals surface area contributed by atoms with E-state index in [1.807, 2.05) is 60.7 Å². The number of carbonyl (C=O) groups is 7. The highest BCUT2D eigenvalue weighted by Gasteiger charge is 2.42. The molecule has 25 nitrogen and oxygen atoms in total. The van der Waals surface area contributed by atoms with E-state index in [4.69, 9.17) is 27.0 Å². The van der Waals surface area contributed by atoms with Crippen LogP contribution in [0.3, 0.4) is 0 Å². The number of rotatable bonds is 25. The number of ether oxygens (including phenoxy) is 3. The SMILES string of the molecule is COC(=O)NC(=N)c1ccc(CNC(=O)CN)s1.COC(=O)NC(CCc1ccccc1)(CCS(C)(=O)=O)C(=O)NCC(=O)NCc1ccc(C(=N)N)s1.COC(=O)NC(CCc1ccccc1)(CCS(C)(=O)=O)C(=O)O.S=S. The van der Waals surface area contributed by atoms with E-state index in [1.54, 1.807) is 24.3 Å². The second-order valence-electron chi connectivity index (χ2n) is 16.8. The average Bonchev–Trinajstić information content (AvgIpc) is 4.12. The number of carbonyl (C=O) groups excluding carboxylic acids is 6. The van der Waals surface area contributed by atoms with E-state index >= 15 is 0 Å². The van der Waals surface area contributed by atoms with Crippen LogP contribution in [-0.4, -0.2) is 145 Å². The van der Waals surface area contributed by atoms with Gasteiger partial charge in [-0.3, -0.25) is 30.5 Å². The summed E-state index contributed by atoms with van der Waals surface area (Å²) in [6, 6.07) is 25.2. The van der Waals surface area contributed by atoms with Gasteiger partial charge in [0.1, 0.15) is 42.4 Å². The predicted octanol–water partition coefficient (Wildman–Crippen LogP) is 2.16. The van der Waals surface area contributed by atoms with Crippen molar-refractivity contribution in [1.29, 1.82) is 10.8 Å². The summed E-state index contributed by atoms with van der Waals surface area (Å²) in [5.74, 6) is -3.53. The minimum atomic E-state index is -3.47. The molecule has 2 heterocycles. The van der Waals surface area contributed by atoms with Crippen LogP contribution in [0.15, 0.2) is 84.9 Å². The monoisotopic (exact) mass is 1210 g/mol. The minimum absolute atomic E-state index is 0.0387. The summed E-state index contributed by atoms with van der Waals surface area (Å²) in [6.45, 7) is 0.0863. The van der Waals surface area contributed by atoms with Crippen LogP contribution in [0.5, 0.6) is 0 Å². The van der Waals surface area contributed by atoms with Crippen molar-refractivity contribution in [2.75, 3.05) is 58.4 Å². The third-order valence-electron chi connectivity index (χ3n) is 10.8. The van der Waals surface area contributed by atoms with Gasteiger partial charge in [0.05, 0.1) is 68.8 Å². The van der Waals surface area contributed by atoms with E-state index in [9.17, 15) is 55.5 Å². The molecule has 0 aliphatic heterocycles. The van der Waals surface area contributed by atoms with Crippen LogP contribution < -0.4 is 43.4 Å². The third kappa shape index (κ3) is 27.9. The van der Waals surface area contributed by atoms with E-state index in [2.05, 4.69) is 63.8 Å². The molecule has 0 aliphatic carbocycles. The molecule has 0 radical (unpaired) electrons. The number of carboxylic acid groups (broad SMARTS) is 1. The highest BCUT2D eigenvalue weighted by atomic mass is 32.8. The number of amides is 6. The van der Waals surface area contributed by atoms with E-state index in [0.717, 1.165) is 47.6 Å². The number of aliphatic carboxylic acids is 1. The largest absolute Gasteiger partial charge is 0.480 e. The van der Waals surface area contributed by atoms with Crippen LogP contribution in [0.2, 0.25) is 0 Å². The molecule has 0 saturated heterocycles. The first-order chi connectivity index (χ1) is 37.2. The van der Waals surface area contributed by atoms with Crippen molar-refractivity contribution in [3.05, 3.63) is 116 Å². The first-order valence-corrected chi connectivity index (χ1v) is 30.3. The molecule has 2 aromatic heterocycles. The van der Waals surface area contributed by atoms with Crippen LogP contribution in [0.4, 0.5) is 14.4 Å². The molecule has 0 spiro atoms. The highest BCUT2D eigenvalue weighted by molar-refractivity contribution is 8.07. The summed E-state index contributed by atoms with van der Waals surface area (Å²) in [5.41, 5.74) is 9.05. The van der Waals surface area contributed by atoms with Crippen molar-refractivity contribution in [3.8, 4) is 0 Å². The van der Waals surface area contributed by atoms with Crippen LogP contribution in [-0.2, 0) is 101 Å². The maximum atomic E-state index is 13.3. The topological polar surface area (TPSA) is 408 Å². The van der Waals surface area contributed by atoms with E-state index in [1.165, 1.54) is 29.8 Å². The molecule has 79 heavy (non-hydrogen) atoms. The van der Waals surface area contributed by atoms with Crippen molar-refractivity contribution >= 4 is 118 Å². The zero-order valence-electron chi connectivity index (χ0n) is 43.8. The van der Waals surface area contributed by atoms with Crippen molar-refractivity contribution in [3.63, 3.8) is 0 Å². The number of hydrogen-bond donors (Lipinski definition) is 11. The Morgan fingerprint density at radius 2 is 1.03 bits per heavy atom. The fraction of sp³-hybridized carbons (Fsp3) is 0.396. The molecule has 4 rings (SSSR count). The Balaban J connectivity index is 0.000000624. The summed E-state index contributed by atoms with van der Waals surface area (Å²) < 4.78 is 60.1. The maximum absolute atomic E-state index is 13.3. The predicted molar refractivity (Wildman–Crippen MR) is 305 cm³/mol. The highest BCUT2D eigenvalue weighted by Crippen LogP contribution is 2.23. The van der Waals surface area contributed by atoms with Crippen molar-refractivity contribution in [2.45, 2.75) is 62.7 Å². The molecule has 2 atom stereocenters. The molecule has 2 aromatic carbocycles. The molecule has 4 aromatic rings. The fourth-order valence-corrected chi connectivity index (χ4v) is 9.64. The average molecular weight is 1220 g/mol. The number of nitrogens with two attached hydrogens (primary N) is 2. The number of amidine groups is 2. The second kappa shape index (κ2) is 35.5. The lowest BCUT2D eigenvalue weighted by Gasteiger charge is -2.33. The first kappa shape index (κ1) is 70.0. The summed E-state index contributed by atoms with van der Waals surface area (Å²) >= 11 is 9.89. The van der Waals surface area contributed by atoms with Gasteiger partial charge in [-0.25, -0.2) is 36.0 Å². The smallest absolute Gasteiger partial charge is 0.412 e. The fourth-order valence-electron chi connectivity index (χ4n) is 6.54. The number of alkyl carbamates (subject to hydrolysis) is 3. The zero-order valence-corrected chi connectivity index (χ0v) is 48.7. The molecular formula is C48H66N10O15S6. The Morgan fingerprint density at radius 3 is 1.44 bits per heavy atom. The Bertz CT molecular complexity index is 2890. The van der Waals surface area contributed by atoms with Gasteiger partial charge in [0.15, 0.2) is 0 Å². The van der Waals surface area contributed by atoms with Crippen molar-refractivity contribution in [1.82, 2.24) is 31.9 Å².